The average molecular weight is 310 g/mol. The van der Waals surface area contributed by atoms with E-state index in [1.165, 1.54) is 6.07 Å². The molecular formula is C13H6BrF2NO. The summed E-state index contributed by atoms with van der Waals surface area (Å²) in [5, 5.41) is 8.79. The van der Waals surface area contributed by atoms with Crippen molar-refractivity contribution in [3.05, 3.63) is 58.1 Å². The largest absolute Gasteiger partial charge is 0.454 e. The van der Waals surface area contributed by atoms with Gasteiger partial charge >= 0.3 is 0 Å². The van der Waals surface area contributed by atoms with Gasteiger partial charge in [-0.3, -0.25) is 0 Å². The van der Waals surface area contributed by atoms with Crippen molar-refractivity contribution in [2.45, 2.75) is 0 Å². The zero-order valence-corrected chi connectivity index (χ0v) is 10.5. The van der Waals surface area contributed by atoms with E-state index in [0.717, 1.165) is 18.2 Å². The molecule has 0 unspecified atom stereocenters. The van der Waals surface area contributed by atoms with Crippen LogP contribution in [0.25, 0.3) is 0 Å². The Labute approximate surface area is 111 Å². The fraction of sp³-hybridized carbons (Fsp3) is 0. The van der Waals surface area contributed by atoms with E-state index in [1.54, 1.807) is 12.1 Å². The summed E-state index contributed by atoms with van der Waals surface area (Å²) in [5.74, 6) is -1.24. The highest BCUT2D eigenvalue weighted by Gasteiger charge is 2.07. The molecule has 0 saturated heterocycles. The molecule has 90 valence electrons. The van der Waals surface area contributed by atoms with Crippen LogP contribution in [0.2, 0.25) is 0 Å². The monoisotopic (exact) mass is 309 g/mol. The van der Waals surface area contributed by atoms with Crippen LogP contribution in [0.15, 0.2) is 40.9 Å². The van der Waals surface area contributed by atoms with E-state index in [2.05, 4.69) is 15.9 Å². The van der Waals surface area contributed by atoms with Crippen LogP contribution >= 0.6 is 15.9 Å². The van der Waals surface area contributed by atoms with Gasteiger partial charge in [0.25, 0.3) is 0 Å². The maximum atomic E-state index is 13.4. The highest BCUT2D eigenvalue weighted by molar-refractivity contribution is 9.10. The summed E-state index contributed by atoms with van der Waals surface area (Å²) in [4.78, 5) is 0. The molecule has 0 aliphatic carbocycles. The lowest BCUT2D eigenvalue weighted by Gasteiger charge is -2.07. The minimum Gasteiger partial charge on any atom is -0.454 e. The number of nitrogens with zero attached hydrogens (tertiary/aromatic N) is 1. The van der Waals surface area contributed by atoms with Gasteiger partial charge in [-0.15, -0.1) is 0 Å². The average Bonchev–Trinajstić information content (AvgIpc) is 2.33. The van der Waals surface area contributed by atoms with E-state index in [4.69, 9.17) is 10.00 Å². The highest BCUT2D eigenvalue weighted by Crippen LogP contribution is 2.28. The molecule has 2 rings (SSSR count). The summed E-state index contributed by atoms with van der Waals surface area (Å²) in [6.07, 6.45) is 0. The number of ether oxygens (including phenoxy) is 1. The van der Waals surface area contributed by atoms with E-state index in [1.807, 2.05) is 6.07 Å². The molecule has 0 heterocycles. The van der Waals surface area contributed by atoms with E-state index < -0.39 is 11.6 Å². The molecule has 0 radical (unpaired) electrons. The van der Waals surface area contributed by atoms with Crippen molar-refractivity contribution in [1.29, 1.82) is 5.26 Å². The zero-order valence-electron chi connectivity index (χ0n) is 8.95. The predicted molar refractivity (Wildman–Crippen MR) is 65.3 cm³/mol. The summed E-state index contributed by atoms with van der Waals surface area (Å²) >= 11 is 3.20. The minimum absolute atomic E-state index is 0.225. The minimum atomic E-state index is -0.671. The van der Waals surface area contributed by atoms with Crippen molar-refractivity contribution < 1.29 is 13.5 Å². The lowest BCUT2D eigenvalue weighted by molar-refractivity contribution is 0.436. The van der Waals surface area contributed by atoms with Crippen molar-refractivity contribution in [2.75, 3.05) is 0 Å². The maximum Gasteiger partial charge on any atom is 0.165 e. The van der Waals surface area contributed by atoms with Crippen molar-refractivity contribution >= 4 is 15.9 Å². The normalized spacial score (nSPS) is 9.89. The molecule has 0 fully saturated rings. The van der Waals surface area contributed by atoms with E-state index in [-0.39, 0.29) is 11.5 Å². The zero-order chi connectivity index (χ0) is 13.1. The molecular weight excluding hydrogens is 304 g/mol. The third kappa shape index (κ3) is 2.84. The summed E-state index contributed by atoms with van der Waals surface area (Å²) in [6, 6.07) is 9.46. The number of nitriles is 1. The molecule has 2 aromatic carbocycles. The molecule has 2 aromatic rings. The number of hydrogen-bond donors (Lipinski definition) is 0. The maximum absolute atomic E-state index is 13.4. The van der Waals surface area contributed by atoms with Crippen LogP contribution in [-0.4, -0.2) is 0 Å². The molecule has 0 atom stereocenters. The Morgan fingerprint density at radius 2 is 1.89 bits per heavy atom. The van der Waals surface area contributed by atoms with Gasteiger partial charge in [0, 0.05) is 10.5 Å². The molecule has 0 amide bonds. The SMILES string of the molecule is N#Cc1cc(Br)cc(Oc2cc(F)ccc2F)c1. The molecule has 0 spiro atoms. The third-order valence-corrected chi connectivity index (χ3v) is 2.58. The standard InChI is InChI=1S/C13H6BrF2NO/c14-9-3-8(7-17)4-11(5-9)18-13-6-10(15)1-2-12(13)16/h1-6H. The molecule has 18 heavy (non-hydrogen) atoms. The van der Waals surface area contributed by atoms with Crippen LogP contribution in [0.1, 0.15) is 5.56 Å². The lowest BCUT2D eigenvalue weighted by atomic mass is 10.2. The smallest absolute Gasteiger partial charge is 0.165 e. The first-order valence-corrected chi connectivity index (χ1v) is 5.71. The second-order valence-electron chi connectivity index (χ2n) is 3.46. The summed E-state index contributed by atoms with van der Waals surface area (Å²) in [5.41, 5.74) is 0.358. The van der Waals surface area contributed by atoms with Gasteiger partial charge in [-0.2, -0.15) is 5.26 Å². The van der Waals surface area contributed by atoms with Gasteiger partial charge < -0.3 is 4.74 Å². The third-order valence-electron chi connectivity index (χ3n) is 2.12. The van der Waals surface area contributed by atoms with Gasteiger partial charge in [-0.25, -0.2) is 8.78 Å². The van der Waals surface area contributed by atoms with Gasteiger partial charge in [0.15, 0.2) is 11.6 Å². The highest BCUT2D eigenvalue weighted by atomic mass is 79.9. The van der Waals surface area contributed by atoms with Crippen LogP contribution in [0.5, 0.6) is 11.5 Å². The molecule has 0 N–H and O–H groups in total. The summed E-state index contributed by atoms with van der Waals surface area (Å²) < 4.78 is 32.2. The topological polar surface area (TPSA) is 33.0 Å². The summed E-state index contributed by atoms with van der Waals surface area (Å²) in [7, 11) is 0. The van der Waals surface area contributed by atoms with Crippen molar-refractivity contribution in [2.24, 2.45) is 0 Å². The van der Waals surface area contributed by atoms with Crippen LogP contribution in [0, 0.1) is 23.0 Å². The first-order chi connectivity index (χ1) is 8.58. The van der Waals surface area contributed by atoms with E-state index in [0.29, 0.717) is 10.0 Å². The van der Waals surface area contributed by atoms with Crippen molar-refractivity contribution in [1.82, 2.24) is 0 Å². The number of halogens is 3. The Morgan fingerprint density at radius 1 is 1.11 bits per heavy atom. The van der Waals surface area contributed by atoms with Crippen LogP contribution in [0.4, 0.5) is 8.78 Å². The summed E-state index contributed by atoms with van der Waals surface area (Å²) in [6.45, 7) is 0. The molecule has 0 aromatic heterocycles. The Kier molecular flexibility index (Phi) is 3.58. The van der Waals surface area contributed by atoms with Crippen LogP contribution < -0.4 is 4.74 Å². The fourth-order valence-corrected chi connectivity index (χ4v) is 1.84. The van der Waals surface area contributed by atoms with Crippen molar-refractivity contribution in [3.8, 4) is 17.6 Å². The molecule has 0 saturated carbocycles. The van der Waals surface area contributed by atoms with E-state index in [9.17, 15) is 8.78 Å². The molecule has 5 heteroatoms. The molecule has 2 nitrogen and oxygen atoms in total. The number of benzene rings is 2. The van der Waals surface area contributed by atoms with Gasteiger partial charge in [-0.05, 0) is 30.3 Å². The molecule has 0 aliphatic rings. The lowest BCUT2D eigenvalue weighted by Crippen LogP contribution is -1.90. The second kappa shape index (κ2) is 5.15. The Balaban J connectivity index is 2.37. The number of rotatable bonds is 2. The quantitative estimate of drug-likeness (QED) is 0.824. The molecule has 0 aliphatic heterocycles. The first kappa shape index (κ1) is 12.5. The molecule has 0 bridgehead atoms. The predicted octanol–water partition coefficient (Wildman–Crippen LogP) is 4.39. The Hall–Kier alpha value is -1.93. The Bertz CT molecular complexity index is 637. The fourth-order valence-electron chi connectivity index (χ4n) is 1.37. The van der Waals surface area contributed by atoms with Gasteiger partial charge in [0.2, 0.25) is 0 Å². The van der Waals surface area contributed by atoms with Crippen LogP contribution in [0.3, 0.4) is 0 Å². The van der Waals surface area contributed by atoms with Crippen LogP contribution in [-0.2, 0) is 0 Å². The second-order valence-corrected chi connectivity index (χ2v) is 4.38. The van der Waals surface area contributed by atoms with Crippen molar-refractivity contribution in [3.63, 3.8) is 0 Å². The Morgan fingerprint density at radius 3 is 2.61 bits per heavy atom. The van der Waals surface area contributed by atoms with Gasteiger partial charge in [0.05, 0.1) is 11.6 Å². The van der Waals surface area contributed by atoms with E-state index >= 15 is 0 Å². The van der Waals surface area contributed by atoms with Gasteiger partial charge in [-0.1, -0.05) is 15.9 Å². The number of hydrogen-bond acceptors (Lipinski definition) is 2. The first-order valence-electron chi connectivity index (χ1n) is 4.92. The van der Waals surface area contributed by atoms with Gasteiger partial charge in [0.1, 0.15) is 11.6 Å².